The molecule has 0 spiro atoms. The fourth-order valence-electron chi connectivity index (χ4n) is 1.11. The molecule has 0 unspecified atom stereocenters. The van der Waals surface area contributed by atoms with Crippen LogP contribution in [0.15, 0.2) is 34.9 Å². The lowest BCUT2D eigenvalue weighted by molar-refractivity contribution is 0.399. The van der Waals surface area contributed by atoms with E-state index in [1.165, 1.54) is 10.9 Å². The molecule has 0 saturated carbocycles. The highest BCUT2D eigenvalue weighted by atomic mass is 16.3. The van der Waals surface area contributed by atoms with Crippen molar-refractivity contribution in [1.82, 2.24) is 0 Å². The average Bonchev–Trinajstić information content (AvgIpc) is 2.53. The second-order valence-electron chi connectivity index (χ2n) is 2.41. The topological polar surface area (TPSA) is 33.4 Å². The summed E-state index contributed by atoms with van der Waals surface area (Å²) in [7, 11) is 1.00. The van der Waals surface area contributed by atoms with Crippen LogP contribution >= 0.6 is 0 Å². The number of hydrogen-bond donors (Lipinski definition) is 1. The Bertz CT molecular complexity index is 349. The smallest absolute Gasteiger partial charge is 0.134 e. The number of aryl methyl sites for hydroxylation is 1. The van der Waals surface area contributed by atoms with E-state index in [1.807, 2.05) is 25.1 Å². The summed E-state index contributed by atoms with van der Waals surface area (Å²) >= 11 is 0. The molecule has 2 nitrogen and oxygen atoms in total. The lowest BCUT2D eigenvalue weighted by atomic mass is 10.2. The van der Waals surface area contributed by atoms with Crippen molar-refractivity contribution in [3.05, 3.63) is 36.1 Å². The fourth-order valence-corrected chi connectivity index (χ4v) is 1.11. The number of benzene rings is 1. The number of fused-ring (bicyclic) bond motifs is 1. The summed E-state index contributed by atoms with van der Waals surface area (Å²) in [5.74, 6) is 0. The van der Waals surface area contributed by atoms with Crippen LogP contribution in [-0.2, 0) is 0 Å². The third-order valence-electron chi connectivity index (χ3n) is 1.67. The molecule has 1 aromatic carbocycles. The molecule has 1 N–H and O–H groups in total. The van der Waals surface area contributed by atoms with Crippen molar-refractivity contribution < 1.29 is 9.52 Å². The van der Waals surface area contributed by atoms with Crippen LogP contribution in [0.3, 0.4) is 0 Å². The van der Waals surface area contributed by atoms with Gasteiger partial charge in [0.15, 0.2) is 0 Å². The first kappa shape index (κ1) is 8.81. The van der Waals surface area contributed by atoms with Gasteiger partial charge in [0.05, 0.1) is 6.26 Å². The van der Waals surface area contributed by atoms with Crippen molar-refractivity contribution in [3.8, 4) is 0 Å². The summed E-state index contributed by atoms with van der Waals surface area (Å²) in [6, 6.07) is 8.03. The number of rotatable bonds is 0. The Kier molecular flexibility index (Phi) is 2.88. The molecular formula is C10H12O2. The van der Waals surface area contributed by atoms with Gasteiger partial charge in [-0.1, -0.05) is 18.2 Å². The first-order chi connectivity index (χ1) is 5.88. The predicted octanol–water partition coefficient (Wildman–Crippen LogP) is 2.35. The van der Waals surface area contributed by atoms with E-state index in [-0.39, 0.29) is 0 Å². The Morgan fingerprint density at radius 2 is 1.83 bits per heavy atom. The third-order valence-corrected chi connectivity index (χ3v) is 1.67. The molecule has 12 heavy (non-hydrogen) atoms. The van der Waals surface area contributed by atoms with E-state index in [4.69, 9.17) is 9.52 Å². The largest absolute Gasteiger partial charge is 0.464 e. The van der Waals surface area contributed by atoms with Crippen LogP contribution in [0.2, 0.25) is 0 Å². The quantitative estimate of drug-likeness (QED) is 0.648. The minimum absolute atomic E-state index is 0.972. The lowest BCUT2D eigenvalue weighted by Crippen LogP contribution is -1.63. The summed E-state index contributed by atoms with van der Waals surface area (Å²) in [5, 5.41) is 8.21. The monoisotopic (exact) mass is 164 g/mol. The van der Waals surface area contributed by atoms with Crippen molar-refractivity contribution in [3.63, 3.8) is 0 Å². The molecule has 2 aromatic rings. The second kappa shape index (κ2) is 3.93. The zero-order valence-electron chi connectivity index (χ0n) is 7.24. The van der Waals surface area contributed by atoms with Crippen molar-refractivity contribution in [2.24, 2.45) is 0 Å². The fraction of sp³-hybridized carbons (Fsp3) is 0.200. The first-order valence-corrected chi connectivity index (χ1v) is 3.75. The van der Waals surface area contributed by atoms with E-state index >= 15 is 0 Å². The molecule has 1 aromatic heterocycles. The maximum atomic E-state index is 7.00. The molecule has 0 aliphatic rings. The Labute approximate surface area is 71.4 Å². The Balaban J connectivity index is 0.000000336. The van der Waals surface area contributed by atoms with Gasteiger partial charge in [-0.15, -0.1) is 0 Å². The molecule has 2 rings (SSSR count). The van der Waals surface area contributed by atoms with E-state index in [0.29, 0.717) is 0 Å². The maximum Gasteiger partial charge on any atom is 0.134 e. The summed E-state index contributed by atoms with van der Waals surface area (Å²) < 4.78 is 5.25. The molecule has 0 aliphatic carbocycles. The normalized spacial score (nSPS) is 9.25. The predicted molar refractivity (Wildman–Crippen MR) is 49.1 cm³/mol. The minimum Gasteiger partial charge on any atom is -0.464 e. The van der Waals surface area contributed by atoms with E-state index < -0.39 is 0 Å². The lowest BCUT2D eigenvalue weighted by Gasteiger charge is -1.84. The summed E-state index contributed by atoms with van der Waals surface area (Å²) in [6.45, 7) is 2.05. The number of para-hydroxylation sites is 1. The van der Waals surface area contributed by atoms with Crippen LogP contribution in [0.25, 0.3) is 11.0 Å². The molecule has 0 atom stereocenters. The number of furan rings is 1. The second-order valence-corrected chi connectivity index (χ2v) is 2.41. The van der Waals surface area contributed by atoms with Crippen LogP contribution in [-0.4, -0.2) is 12.2 Å². The molecule has 0 amide bonds. The molecule has 2 heteroatoms. The highest BCUT2D eigenvalue weighted by Crippen LogP contribution is 2.18. The van der Waals surface area contributed by atoms with Gasteiger partial charge in [-0.3, -0.25) is 0 Å². The Morgan fingerprint density at radius 1 is 1.17 bits per heavy atom. The van der Waals surface area contributed by atoms with Gasteiger partial charge >= 0.3 is 0 Å². The SMILES string of the molecule is CO.Cc1coc2ccccc12. The van der Waals surface area contributed by atoms with Crippen molar-refractivity contribution in [1.29, 1.82) is 0 Å². The van der Waals surface area contributed by atoms with Crippen molar-refractivity contribution in [2.75, 3.05) is 7.11 Å². The molecule has 0 fully saturated rings. The van der Waals surface area contributed by atoms with Crippen molar-refractivity contribution >= 4 is 11.0 Å². The summed E-state index contributed by atoms with van der Waals surface area (Å²) in [6.07, 6.45) is 1.78. The van der Waals surface area contributed by atoms with Crippen LogP contribution in [0.4, 0.5) is 0 Å². The van der Waals surface area contributed by atoms with E-state index in [2.05, 4.69) is 6.07 Å². The molecule has 0 saturated heterocycles. The van der Waals surface area contributed by atoms with Gasteiger partial charge < -0.3 is 9.52 Å². The van der Waals surface area contributed by atoms with Gasteiger partial charge in [-0.2, -0.15) is 0 Å². The molecule has 64 valence electrons. The van der Waals surface area contributed by atoms with Gasteiger partial charge in [0.25, 0.3) is 0 Å². The molecule has 0 bridgehead atoms. The average molecular weight is 164 g/mol. The zero-order chi connectivity index (χ0) is 8.97. The van der Waals surface area contributed by atoms with Crippen LogP contribution in [0.1, 0.15) is 5.56 Å². The van der Waals surface area contributed by atoms with Crippen LogP contribution < -0.4 is 0 Å². The van der Waals surface area contributed by atoms with Gasteiger partial charge in [0.2, 0.25) is 0 Å². The van der Waals surface area contributed by atoms with Gasteiger partial charge in [-0.25, -0.2) is 0 Å². The molecule has 0 aliphatic heterocycles. The van der Waals surface area contributed by atoms with Gasteiger partial charge in [0.1, 0.15) is 5.58 Å². The van der Waals surface area contributed by atoms with E-state index in [1.54, 1.807) is 6.26 Å². The number of aliphatic hydroxyl groups is 1. The summed E-state index contributed by atoms with van der Waals surface area (Å²) in [5.41, 5.74) is 2.18. The third kappa shape index (κ3) is 1.48. The van der Waals surface area contributed by atoms with Crippen LogP contribution in [0, 0.1) is 6.92 Å². The highest BCUT2D eigenvalue weighted by Gasteiger charge is 1.97. The van der Waals surface area contributed by atoms with E-state index in [9.17, 15) is 0 Å². The number of aliphatic hydroxyl groups excluding tert-OH is 1. The van der Waals surface area contributed by atoms with E-state index in [0.717, 1.165) is 12.7 Å². The Hall–Kier alpha value is -1.28. The minimum atomic E-state index is 0.972. The van der Waals surface area contributed by atoms with Crippen LogP contribution in [0.5, 0.6) is 0 Å². The van der Waals surface area contributed by atoms with Gasteiger partial charge in [0, 0.05) is 12.5 Å². The highest BCUT2D eigenvalue weighted by molar-refractivity contribution is 5.80. The van der Waals surface area contributed by atoms with Crippen molar-refractivity contribution in [2.45, 2.75) is 6.92 Å². The zero-order valence-corrected chi connectivity index (χ0v) is 7.24. The molecular weight excluding hydrogens is 152 g/mol. The number of hydrogen-bond acceptors (Lipinski definition) is 2. The molecule has 0 radical (unpaired) electrons. The maximum absolute atomic E-state index is 7.00. The molecule has 1 heterocycles. The van der Waals surface area contributed by atoms with Gasteiger partial charge in [-0.05, 0) is 18.6 Å². The standard InChI is InChI=1S/C9H8O.CH4O/c1-7-6-10-9-5-3-2-4-8(7)9;1-2/h2-6H,1H3;2H,1H3. The Morgan fingerprint density at radius 3 is 2.50 bits per heavy atom. The first-order valence-electron chi connectivity index (χ1n) is 3.75. The summed E-state index contributed by atoms with van der Waals surface area (Å²) in [4.78, 5) is 0.